The van der Waals surface area contributed by atoms with Crippen molar-refractivity contribution in [3.63, 3.8) is 0 Å². The zero-order valence-electron chi connectivity index (χ0n) is 14.4. The Hall–Kier alpha value is -1.97. The molecule has 0 bridgehead atoms. The van der Waals surface area contributed by atoms with Gasteiger partial charge in [0, 0.05) is 22.8 Å². The first-order valence-corrected chi connectivity index (χ1v) is 9.83. The number of rotatable bonds is 7. The maximum Gasteiger partial charge on any atom is 0.0939 e. The molecule has 0 aliphatic heterocycles. The molecule has 2 nitrogen and oxygen atoms in total. The minimum Gasteiger partial charge on any atom is -0.376 e. The minimum absolute atomic E-state index is 0.292. The van der Waals surface area contributed by atoms with Crippen LogP contribution in [0.3, 0.4) is 0 Å². The quantitative estimate of drug-likeness (QED) is 0.542. The highest BCUT2D eigenvalue weighted by Gasteiger charge is 2.38. The summed E-state index contributed by atoms with van der Waals surface area (Å²) in [6.07, 6.45) is 4.86. The topological polar surface area (TPSA) is 22.1 Å². The molecule has 3 aromatic rings. The zero-order valence-corrected chi connectivity index (χ0v) is 15.2. The fraction of sp³-hybridized carbons (Fsp3) is 0.318. The molecule has 4 rings (SSSR count). The van der Waals surface area contributed by atoms with Gasteiger partial charge in [-0.05, 0) is 18.4 Å². The van der Waals surface area contributed by atoms with Gasteiger partial charge in [-0.25, -0.2) is 4.98 Å². The summed E-state index contributed by atoms with van der Waals surface area (Å²) >= 11 is 1.78. The number of nitrogens with zero attached hydrogens (tertiary/aromatic N) is 1. The van der Waals surface area contributed by atoms with Crippen LogP contribution in [0, 0.1) is 5.41 Å². The number of ether oxygens (including phenoxy) is 1. The van der Waals surface area contributed by atoms with Crippen molar-refractivity contribution >= 4 is 11.3 Å². The molecule has 25 heavy (non-hydrogen) atoms. The number of hydrogen-bond acceptors (Lipinski definition) is 3. The Labute approximate surface area is 153 Å². The average Bonchev–Trinajstić information content (AvgIpc) is 3.10. The third kappa shape index (κ3) is 4.00. The normalized spacial score (nSPS) is 15.7. The molecular weight excluding hydrogens is 326 g/mol. The molecule has 1 saturated carbocycles. The van der Waals surface area contributed by atoms with E-state index >= 15 is 0 Å². The smallest absolute Gasteiger partial charge is 0.0939 e. The Bertz CT molecular complexity index is 793. The first kappa shape index (κ1) is 16.5. The van der Waals surface area contributed by atoms with E-state index in [9.17, 15) is 0 Å². The van der Waals surface area contributed by atoms with Gasteiger partial charge in [-0.1, -0.05) is 67.1 Å². The van der Waals surface area contributed by atoms with Crippen molar-refractivity contribution in [3.8, 4) is 11.3 Å². The van der Waals surface area contributed by atoms with Crippen LogP contribution < -0.4 is 0 Å². The molecule has 1 aromatic heterocycles. The van der Waals surface area contributed by atoms with Crippen LogP contribution in [-0.2, 0) is 17.8 Å². The van der Waals surface area contributed by atoms with Crippen molar-refractivity contribution in [2.45, 2.75) is 32.3 Å². The number of hydrogen-bond donors (Lipinski definition) is 0. The van der Waals surface area contributed by atoms with Gasteiger partial charge in [0.25, 0.3) is 0 Å². The van der Waals surface area contributed by atoms with Crippen molar-refractivity contribution < 1.29 is 4.74 Å². The van der Waals surface area contributed by atoms with E-state index in [0.29, 0.717) is 12.0 Å². The van der Waals surface area contributed by atoms with Gasteiger partial charge in [0.2, 0.25) is 0 Å². The van der Waals surface area contributed by atoms with Crippen molar-refractivity contribution in [1.82, 2.24) is 4.98 Å². The van der Waals surface area contributed by atoms with E-state index < -0.39 is 0 Å². The highest BCUT2D eigenvalue weighted by atomic mass is 32.1. The SMILES string of the molecule is c1ccc(COCC2(Cc3nc(-c4ccccc4)cs3)CCC2)cc1. The van der Waals surface area contributed by atoms with Gasteiger partial charge in [-0.15, -0.1) is 11.3 Å². The minimum atomic E-state index is 0.292. The molecule has 2 aromatic carbocycles. The first-order chi connectivity index (χ1) is 12.3. The fourth-order valence-electron chi connectivity index (χ4n) is 3.46. The van der Waals surface area contributed by atoms with E-state index in [4.69, 9.17) is 9.72 Å². The van der Waals surface area contributed by atoms with Gasteiger partial charge in [0.1, 0.15) is 0 Å². The molecule has 1 aliphatic rings. The summed E-state index contributed by atoms with van der Waals surface area (Å²) in [7, 11) is 0. The lowest BCUT2D eigenvalue weighted by molar-refractivity contribution is -0.0136. The van der Waals surface area contributed by atoms with E-state index in [1.54, 1.807) is 11.3 Å². The van der Waals surface area contributed by atoms with E-state index in [2.05, 4.69) is 53.9 Å². The van der Waals surface area contributed by atoms with Gasteiger partial charge < -0.3 is 4.74 Å². The van der Waals surface area contributed by atoms with Crippen molar-refractivity contribution in [1.29, 1.82) is 0 Å². The lowest BCUT2D eigenvalue weighted by Gasteiger charge is -2.41. The van der Waals surface area contributed by atoms with E-state index in [-0.39, 0.29) is 0 Å². The highest BCUT2D eigenvalue weighted by molar-refractivity contribution is 7.09. The Morgan fingerprint density at radius 3 is 2.36 bits per heavy atom. The maximum absolute atomic E-state index is 6.07. The molecule has 0 atom stereocenters. The number of aromatic nitrogens is 1. The maximum atomic E-state index is 6.07. The van der Waals surface area contributed by atoms with Crippen LogP contribution in [0.2, 0.25) is 0 Å². The van der Waals surface area contributed by atoms with Crippen LogP contribution in [-0.4, -0.2) is 11.6 Å². The van der Waals surface area contributed by atoms with Gasteiger partial charge in [-0.2, -0.15) is 0 Å². The van der Waals surface area contributed by atoms with Crippen molar-refractivity contribution in [3.05, 3.63) is 76.6 Å². The summed E-state index contributed by atoms with van der Waals surface area (Å²) in [5.74, 6) is 0. The van der Waals surface area contributed by atoms with Gasteiger partial charge in [-0.3, -0.25) is 0 Å². The van der Waals surface area contributed by atoms with E-state index in [1.807, 2.05) is 12.1 Å². The third-order valence-corrected chi connectivity index (χ3v) is 5.93. The fourth-order valence-corrected chi connectivity index (χ4v) is 4.44. The summed E-state index contributed by atoms with van der Waals surface area (Å²) in [5.41, 5.74) is 3.84. The number of thiazole rings is 1. The van der Waals surface area contributed by atoms with E-state index in [0.717, 1.165) is 18.7 Å². The first-order valence-electron chi connectivity index (χ1n) is 8.95. The standard InChI is InChI=1S/C22H23NOS/c1-3-8-18(9-4-1)15-24-17-22(12-7-13-22)14-21-23-20(16-25-21)19-10-5-2-6-11-19/h1-6,8-11,16H,7,12-15,17H2. The molecule has 1 heterocycles. The summed E-state index contributed by atoms with van der Waals surface area (Å²) in [6, 6.07) is 20.9. The molecule has 0 saturated heterocycles. The van der Waals surface area contributed by atoms with Crippen LogP contribution in [0.15, 0.2) is 66.0 Å². The van der Waals surface area contributed by atoms with Crippen LogP contribution in [0.1, 0.15) is 29.8 Å². The summed E-state index contributed by atoms with van der Waals surface area (Å²) in [5, 5.41) is 3.42. The van der Waals surface area contributed by atoms with Crippen molar-refractivity contribution in [2.24, 2.45) is 5.41 Å². The molecule has 1 aliphatic carbocycles. The molecule has 0 amide bonds. The average molecular weight is 349 g/mol. The second-order valence-electron chi connectivity index (χ2n) is 7.00. The second-order valence-corrected chi connectivity index (χ2v) is 7.94. The molecular formula is C22H23NOS. The molecule has 1 fully saturated rings. The van der Waals surface area contributed by atoms with E-state index in [1.165, 1.54) is 35.4 Å². The van der Waals surface area contributed by atoms with Crippen LogP contribution in [0.4, 0.5) is 0 Å². The second kappa shape index (κ2) is 7.51. The Morgan fingerprint density at radius 2 is 1.68 bits per heavy atom. The number of benzene rings is 2. The van der Waals surface area contributed by atoms with Gasteiger partial charge >= 0.3 is 0 Å². The Kier molecular flexibility index (Phi) is 4.95. The lowest BCUT2D eigenvalue weighted by atomic mass is 9.67. The van der Waals surface area contributed by atoms with Crippen LogP contribution in [0.5, 0.6) is 0 Å². The van der Waals surface area contributed by atoms with Crippen LogP contribution in [0.25, 0.3) is 11.3 Å². The monoisotopic (exact) mass is 349 g/mol. The summed E-state index contributed by atoms with van der Waals surface area (Å²) < 4.78 is 6.07. The van der Waals surface area contributed by atoms with Gasteiger partial charge in [0.05, 0.1) is 23.9 Å². The molecule has 0 spiro atoms. The molecule has 3 heteroatoms. The predicted octanol–water partition coefficient (Wildman–Crippen LogP) is 5.74. The molecule has 128 valence electrons. The highest BCUT2D eigenvalue weighted by Crippen LogP contribution is 2.44. The lowest BCUT2D eigenvalue weighted by Crippen LogP contribution is -2.36. The largest absolute Gasteiger partial charge is 0.376 e. The summed E-state index contributed by atoms with van der Waals surface area (Å²) in [6.45, 7) is 1.54. The molecule has 0 radical (unpaired) electrons. The predicted molar refractivity (Wildman–Crippen MR) is 104 cm³/mol. The van der Waals surface area contributed by atoms with Crippen molar-refractivity contribution in [2.75, 3.05) is 6.61 Å². The molecule has 0 N–H and O–H groups in total. The zero-order chi connectivity index (χ0) is 17.0. The Morgan fingerprint density at radius 1 is 0.960 bits per heavy atom. The summed E-state index contributed by atoms with van der Waals surface area (Å²) in [4.78, 5) is 4.88. The van der Waals surface area contributed by atoms with Crippen LogP contribution >= 0.6 is 11.3 Å². The molecule has 0 unspecified atom stereocenters. The third-order valence-electron chi connectivity index (χ3n) is 5.08. The van der Waals surface area contributed by atoms with Gasteiger partial charge in [0.15, 0.2) is 0 Å². The Balaban J connectivity index is 1.37.